The van der Waals surface area contributed by atoms with Gasteiger partial charge in [-0.25, -0.2) is 0 Å². The van der Waals surface area contributed by atoms with Crippen LogP contribution in [0.1, 0.15) is 265 Å². The van der Waals surface area contributed by atoms with Crippen LogP contribution < -0.4 is 5.32 Å². The lowest BCUT2D eigenvalue weighted by atomic mass is 10.0. The number of amides is 1. The zero-order chi connectivity index (χ0) is 40.3. The van der Waals surface area contributed by atoms with Crippen LogP contribution in [0, 0.1) is 0 Å². The van der Waals surface area contributed by atoms with Crippen molar-refractivity contribution in [2.75, 3.05) is 6.61 Å². The molecule has 0 aromatic heterocycles. The molecule has 0 aliphatic carbocycles. The van der Waals surface area contributed by atoms with E-state index in [-0.39, 0.29) is 24.9 Å². The van der Waals surface area contributed by atoms with E-state index in [1.807, 2.05) is 0 Å². The Morgan fingerprint density at radius 3 is 1.36 bits per heavy atom. The molecule has 3 N–H and O–H groups in total. The van der Waals surface area contributed by atoms with Crippen LogP contribution in [0.5, 0.6) is 0 Å². The van der Waals surface area contributed by atoms with Gasteiger partial charge in [-0.05, 0) is 44.9 Å². The number of rotatable bonds is 44. The first-order valence-corrected chi connectivity index (χ1v) is 24.4. The van der Waals surface area contributed by atoms with Crippen LogP contribution in [0.15, 0.2) is 12.2 Å². The van der Waals surface area contributed by atoms with Crippen molar-refractivity contribution in [3.8, 4) is 0 Å². The summed E-state index contributed by atoms with van der Waals surface area (Å²) in [5, 5.41) is 23.7. The summed E-state index contributed by atoms with van der Waals surface area (Å²) in [6.07, 6.45) is 47.1. The van der Waals surface area contributed by atoms with Gasteiger partial charge in [0.2, 0.25) is 5.91 Å². The van der Waals surface area contributed by atoms with E-state index in [0.717, 1.165) is 57.8 Å². The summed E-state index contributed by atoms with van der Waals surface area (Å²) in [4.78, 5) is 25.9. The van der Waals surface area contributed by atoms with E-state index >= 15 is 0 Å². The van der Waals surface area contributed by atoms with Crippen LogP contribution in [-0.4, -0.2) is 46.9 Å². The number of unbranched alkanes of at least 4 members (excludes halogenated alkanes) is 30. The molecular formula is C49H95NO5. The molecule has 3 atom stereocenters. The third-order valence-electron chi connectivity index (χ3n) is 11.3. The van der Waals surface area contributed by atoms with Gasteiger partial charge in [-0.3, -0.25) is 9.59 Å². The predicted octanol–water partition coefficient (Wildman–Crippen LogP) is 14.2. The second kappa shape index (κ2) is 43.7. The Labute approximate surface area is 342 Å². The van der Waals surface area contributed by atoms with Crippen molar-refractivity contribution in [1.29, 1.82) is 0 Å². The van der Waals surface area contributed by atoms with Crippen molar-refractivity contribution in [1.82, 2.24) is 5.32 Å². The van der Waals surface area contributed by atoms with Crippen LogP contribution in [0.2, 0.25) is 0 Å². The van der Waals surface area contributed by atoms with E-state index in [1.54, 1.807) is 0 Å². The summed E-state index contributed by atoms with van der Waals surface area (Å²) < 4.78 is 5.88. The van der Waals surface area contributed by atoms with Crippen LogP contribution in [0.25, 0.3) is 0 Å². The smallest absolute Gasteiger partial charge is 0.306 e. The molecule has 0 aromatic rings. The molecule has 0 rings (SSSR count). The molecule has 0 bridgehead atoms. The highest BCUT2D eigenvalue weighted by Gasteiger charge is 2.24. The Hall–Kier alpha value is -1.40. The minimum Gasteiger partial charge on any atom is -0.462 e. The van der Waals surface area contributed by atoms with E-state index in [4.69, 9.17) is 4.74 Å². The van der Waals surface area contributed by atoms with Crippen molar-refractivity contribution in [3.63, 3.8) is 0 Å². The number of esters is 1. The second-order valence-electron chi connectivity index (χ2n) is 16.9. The number of nitrogens with one attached hydrogen (secondary N) is 1. The van der Waals surface area contributed by atoms with Gasteiger partial charge in [0, 0.05) is 6.42 Å². The topological polar surface area (TPSA) is 95.9 Å². The maximum Gasteiger partial charge on any atom is 0.306 e. The van der Waals surface area contributed by atoms with E-state index in [0.29, 0.717) is 19.3 Å². The van der Waals surface area contributed by atoms with Crippen LogP contribution in [0.4, 0.5) is 0 Å². The Balaban J connectivity index is 4.38. The molecule has 0 aliphatic rings. The first kappa shape index (κ1) is 53.6. The highest BCUT2D eigenvalue weighted by atomic mass is 16.5. The van der Waals surface area contributed by atoms with Crippen molar-refractivity contribution in [2.24, 2.45) is 0 Å². The number of hydrogen-bond donors (Lipinski definition) is 3. The minimum atomic E-state index is -0.782. The number of carbonyl (C=O) groups excluding carboxylic acids is 2. The summed E-state index contributed by atoms with van der Waals surface area (Å²) in [6.45, 7) is 6.42. The van der Waals surface area contributed by atoms with Crippen molar-refractivity contribution in [3.05, 3.63) is 12.2 Å². The highest BCUT2D eigenvalue weighted by Crippen LogP contribution is 2.18. The monoisotopic (exact) mass is 778 g/mol. The SMILES string of the molecule is CCC/C=C\CCCCCCCC(=O)OC(CCCCCCCCCCC)CC(=O)NC(CO)C(O)CCCCCCCCCCCCCCCCCCC. The van der Waals surface area contributed by atoms with Crippen molar-refractivity contribution in [2.45, 2.75) is 283 Å². The number of allylic oxidation sites excluding steroid dienone is 2. The van der Waals surface area contributed by atoms with E-state index in [2.05, 4.69) is 38.2 Å². The molecule has 0 spiro atoms. The molecule has 6 heteroatoms. The molecular weight excluding hydrogens is 683 g/mol. The Morgan fingerprint density at radius 2 is 0.909 bits per heavy atom. The molecule has 0 heterocycles. The summed E-state index contributed by atoms with van der Waals surface area (Å²) in [7, 11) is 0. The minimum absolute atomic E-state index is 0.0800. The van der Waals surface area contributed by atoms with E-state index < -0.39 is 18.2 Å². The lowest BCUT2D eigenvalue weighted by molar-refractivity contribution is -0.151. The van der Waals surface area contributed by atoms with E-state index in [9.17, 15) is 19.8 Å². The lowest BCUT2D eigenvalue weighted by Crippen LogP contribution is -2.46. The molecule has 0 fully saturated rings. The van der Waals surface area contributed by atoms with Crippen LogP contribution in [0.3, 0.4) is 0 Å². The van der Waals surface area contributed by atoms with Crippen LogP contribution >= 0.6 is 0 Å². The fourth-order valence-electron chi connectivity index (χ4n) is 7.61. The van der Waals surface area contributed by atoms with Crippen LogP contribution in [-0.2, 0) is 14.3 Å². The van der Waals surface area contributed by atoms with Crippen molar-refractivity contribution >= 4 is 11.9 Å². The summed E-state index contributed by atoms with van der Waals surface area (Å²) in [6, 6.07) is -0.695. The fourth-order valence-corrected chi connectivity index (χ4v) is 7.61. The van der Waals surface area contributed by atoms with Gasteiger partial charge in [0.15, 0.2) is 0 Å². The van der Waals surface area contributed by atoms with Gasteiger partial charge >= 0.3 is 5.97 Å². The third-order valence-corrected chi connectivity index (χ3v) is 11.3. The maximum absolute atomic E-state index is 13.1. The van der Waals surface area contributed by atoms with E-state index in [1.165, 1.54) is 161 Å². The molecule has 1 amide bonds. The first-order valence-electron chi connectivity index (χ1n) is 24.4. The maximum atomic E-state index is 13.1. The molecule has 55 heavy (non-hydrogen) atoms. The molecule has 0 aliphatic heterocycles. The van der Waals surface area contributed by atoms with Gasteiger partial charge in [0.25, 0.3) is 0 Å². The normalized spacial score (nSPS) is 13.3. The molecule has 6 nitrogen and oxygen atoms in total. The van der Waals surface area contributed by atoms with Gasteiger partial charge in [-0.1, -0.05) is 219 Å². The Kier molecular flexibility index (Phi) is 42.6. The third kappa shape index (κ3) is 39.2. The van der Waals surface area contributed by atoms with Crippen molar-refractivity contribution < 1.29 is 24.5 Å². The zero-order valence-corrected chi connectivity index (χ0v) is 37.1. The number of ether oxygens (including phenoxy) is 1. The average Bonchev–Trinajstić information content (AvgIpc) is 3.18. The summed E-state index contributed by atoms with van der Waals surface area (Å²) in [5.74, 6) is -0.476. The van der Waals surface area contributed by atoms with Gasteiger partial charge in [0.1, 0.15) is 6.10 Å². The highest BCUT2D eigenvalue weighted by molar-refractivity contribution is 5.77. The Morgan fingerprint density at radius 1 is 0.509 bits per heavy atom. The quantitative estimate of drug-likeness (QED) is 0.0325. The Bertz CT molecular complexity index is 832. The second-order valence-corrected chi connectivity index (χ2v) is 16.9. The number of aliphatic hydroxyl groups is 2. The average molecular weight is 778 g/mol. The predicted molar refractivity (Wildman–Crippen MR) is 237 cm³/mol. The first-order chi connectivity index (χ1) is 27.0. The molecule has 326 valence electrons. The molecule has 0 saturated heterocycles. The molecule has 3 unspecified atom stereocenters. The number of aliphatic hydroxyl groups excluding tert-OH is 2. The summed E-state index contributed by atoms with van der Waals surface area (Å²) in [5.41, 5.74) is 0. The fraction of sp³-hybridized carbons (Fsp3) is 0.918. The lowest BCUT2D eigenvalue weighted by Gasteiger charge is -2.24. The zero-order valence-electron chi connectivity index (χ0n) is 37.1. The van der Waals surface area contributed by atoms with Gasteiger partial charge in [0.05, 0.1) is 25.2 Å². The number of hydrogen-bond acceptors (Lipinski definition) is 5. The molecule has 0 radical (unpaired) electrons. The molecule has 0 saturated carbocycles. The van der Waals surface area contributed by atoms with Gasteiger partial charge < -0.3 is 20.3 Å². The standard InChI is InChI=1S/C49H95NO5/c1-4-7-10-13-16-19-21-22-23-24-25-26-27-29-32-35-38-41-47(52)46(44-51)50-48(53)43-45(40-37-34-31-28-18-15-12-9-6-3)55-49(54)42-39-36-33-30-20-17-14-11-8-5-2/h11,14,45-47,51-52H,4-10,12-13,15-44H2,1-3H3,(H,50,53)/b14-11-. The van der Waals surface area contributed by atoms with Gasteiger partial charge in [-0.15, -0.1) is 0 Å². The van der Waals surface area contributed by atoms with Gasteiger partial charge in [-0.2, -0.15) is 0 Å². The number of carbonyl (C=O) groups is 2. The largest absolute Gasteiger partial charge is 0.462 e. The molecule has 0 aromatic carbocycles. The summed E-state index contributed by atoms with van der Waals surface area (Å²) >= 11 is 0.